The molecule has 117 heavy (non-hydrogen) atoms. The Morgan fingerprint density at radius 2 is 0.761 bits per heavy atom. The van der Waals surface area contributed by atoms with Crippen molar-refractivity contribution in [2.75, 3.05) is 69.3 Å². The number of pyridine rings is 1. The highest BCUT2D eigenvalue weighted by Crippen LogP contribution is 2.44. The SMILES string of the molecule is CCC[C@H](C)Nc1ncc2c(C3CCN(C(=O)c4cc(C)nc(C)c4)CC3)cn(C3CCC(C(F)F)CC3)c2n1.CCC[C@H](C)Nc1ncc2c(C3CCN(C(=O)c4ccc(C)cc4)CC3)cn(C3CCC(O)CC3)c2n1.CCC[C@H](C)Nc1ncc2c(C3CCN(C(=O)c4ccc(CN(C)C)cc4)CC3)cn(C3CCC(O)CC3)c2n1. The molecule has 6 aliphatic rings. The molecule has 3 atom stereocenters. The number of hydrogen-bond acceptors (Lipinski definition) is 16. The van der Waals surface area contributed by atoms with Gasteiger partial charge in [0.2, 0.25) is 24.3 Å². The fraction of sp³-hybridized carbons (Fsp3) is 0.591. The number of piperidine rings is 3. The highest BCUT2D eigenvalue weighted by molar-refractivity contribution is 5.96. The molecular weight excluding hydrogens is 1470 g/mol. The van der Waals surface area contributed by atoms with Crippen LogP contribution in [0.25, 0.3) is 33.1 Å². The summed E-state index contributed by atoms with van der Waals surface area (Å²) >= 11 is 0. The molecule has 2 aromatic carbocycles. The number of aliphatic hydroxyl groups is 2. The van der Waals surface area contributed by atoms with Gasteiger partial charge in [0.1, 0.15) is 16.9 Å². The molecular formula is C93H129F2N17O5. The van der Waals surface area contributed by atoms with E-state index in [4.69, 9.17) is 24.9 Å². The molecule has 0 bridgehead atoms. The number of carbonyl (C=O) groups is 3. The number of benzene rings is 2. The largest absolute Gasteiger partial charge is 0.393 e. The zero-order valence-corrected chi connectivity index (χ0v) is 71.3. The van der Waals surface area contributed by atoms with Gasteiger partial charge in [-0.25, -0.2) is 23.7 Å². The number of aromatic nitrogens is 10. The van der Waals surface area contributed by atoms with Crippen molar-refractivity contribution in [1.29, 1.82) is 0 Å². The Hall–Kier alpha value is -9.00. The number of halogens is 2. The van der Waals surface area contributed by atoms with E-state index < -0.39 is 12.3 Å². The van der Waals surface area contributed by atoms with E-state index in [1.54, 1.807) is 0 Å². The molecule has 22 nitrogen and oxygen atoms in total. The van der Waals surface area contributed by atoms with Gasteiger partial charge < -0.3 is 59.5 Å². The van der Waals surface area contributed by atoms with Crippen molar-refractivity contribution in [3.05, 3.63) is 154 Å². The monoisotopic (exact) mass is 1600 g/mol. The highest BCUT2D eigenvalue weighted by Gasteiger charge is 2.36. The molecule has 630 valence electrons. The minimum Gasteiger partial charge on any atom is -0.393 e. The first kappa shape index (κ1) is 85.9. The third-order valence-electron chi connectivity index (χ3n) is 25.7. The fourth-order valence-corrected chi connectivity index (χ4v) is 19.2. The van der Waals surface area contributed by atoms with Crippen LogP contribution in [0.5, 0.6) is 0 Å². The Kier molecular flexibility index (Phi) is 29.1. The molecule has 0 unspecified atom stereocenters. The van der Waals surface area contributed by atoms with E-state index in [1.165, 1.54) is 27.8 Å². The van der Waals surface area contributed by atoms with E-state index in [2.05, 4.69) is 131 Å². The lowest BCUT2D eigenvalue weighted by molar-refractivity contribution is 0.0481. The summed E-state index contributed by atoms with van der Waals surface area (Å²) in [6.45, 7) is 24.2. The van der Waals surface area contributed by atoms with Crippen LogP contribution in [0.15, 0.2) is 97.8 Å². The number of carbonyl (C=O) groups excluding carboxylic acids is 3. The van der Waals surface area contributed by atoms with Crippen LogP contribution < -0.4 is 16.0 Å². The summed E-state index contributed by atoms with van der Waals surface area (Å²) in [7, 11) is 4.10. The molecule has 0 spiro atoms. The number of rotatable bonds is 24. The Labute approximate surface area is 691 Å². The van der Waals surface area contributed by atoms with Crippen LogP contribution in [-0.2, 0) is 6.54 Å². The zero-order chi connectivity index (χ0) is 82.6. The Morgan fingerprint density at radius 1 is 0.444 bits per heavy atom. The molecule has 0 radical (unpaired) electrons. The summed E-state index contributed by atoms with van der Waals surface area (Å²) < 4.78 is 33.7. The number of anilines is 3. The minimum atomic E-state index is -2.25. The van der Waals surface area contributed by atoms with E-state index in [9.17, 15) is 33.4 Å². The minimum absolute atomic E-state index is 0.0607. The third-order valence-corrected chi connectivity index (χ3v) is 25.7. The standard InChI is InChI=1S/C32H46N6O2.C31H42F2N6O.C30H41N5O2/c1-5-6-22(2)34-32-33-19-28-29(21-38(30(28)35-32)26-11-13-27(39)14-12-26)24-15-17-37(18-16-24)31(40)25-9-7-23(8-10-25)20-36(3)4;1-5-6-19(2)36-31-34-17-26-27(18-39(29(26)37-31)25-9-7-23(8-10-25)28(32)33)22-11-13-38(14-12-22)30(40)24-15-20(3)35-21(4)16-24;1-4-5-21(3)32-30-31-18-26-27(19-35(28(26)33-30)24-10-12-25(36)13-11-24)22-14-16-34(17-15-22)29(37)23-8-6-20(2)7-9-23/h7-10,19,21-22,24,26-27,39H,5-6,11-18,20H2,1-4H3,(H,33,34,35);15-19,22-23,25,28H,5-14H2,1-4H3,(H,34,36,37);6-9,18-19,21-22,24-25,36H,4-5,10-17H2,1-3H3,(H,31,32,33)/t22-,26?,27?;19-,23?,25?;21-,24?,25?/m000/s1. The number of nitrogens with one attached hydrogen (secondary N) is 3. The first-order valence-electron chi connectivity index (χ1n) is 44.2. The van der Waals surface area contributed by atoms with Crippen LogP contribution in [0.2, 0.25) is 0 Å². The van der Waals surface area contributed by atoms with E-state index in [1.807, 2.05) is 103 Å². The second kappa shape index (κ2) is 39.7. The normalized spacial score (nSPS) is 21.4. The number of hydrogen-bond donors (Lipinski definition) is 5. The Morgan fingerprint density at radius 3 is 1.08 bits per heavy atom. The molecule has 3 saturated carbocycles. The lowest BCUT2D eigenvalue weighted by Gasteiger charge is -2.32. The summed E-state index contributed by atoms with van der Waals surface area (Å²) in [6, 6.07) is 21.4. The molecule has 7 aromatic heterocycles. The van der Waals surface area contributed by atoms with Crippen LogP contribution in [0.3, 0.4) is 0 Å². The molecule has 3 aliphatic carbocycles. The Bertz CT molecular complexity index is 4730. The van der Waals surface area contributed by atoms with E-state index in [0.29, 0.717) is 85.3 Å². The first-order chi connectivity index (χ1) is 56.5. The van der Waals surface area contributed by atoms with E-state index >= 15 is 0 Å². The smallest absolute Gasteiger partial charge is 0.253 e. The summed E-state index contributed by atoms with van der Waals surface area (Å²) in [5, 5.41) is 33.9. The molecule has 15 rings (SSSR count). The van der Waals surface area contributed by atoms with Gasteiger partial charge in [-0.3, -0.25) is 19.4 Å². The van der Waals surface area contributed by atoms with Crippen molar-refractivity contribution in [3.63, 3.8) is 0 Å². The number of likely N-dealkylation sites (tertiary alicyclic amines) is 3. The van der Waals surface area contributed by atoms with Gasteiger partial charge in [0, 0.05) is 169 Å². The van der Waals surface area contributed by atoms with Crippen molar-refractivity contribution < 1.29 is 33.4 Å². The molecule has 6 fully saturated rings. The zero-order valence-electron chi connectivity index (χ0n) is 71.3. The van der Waals surface area contributed by atoms with Crippen LogP contribution in [0.4, 0.5) is 26.6 Å². The van der Waals surface area contributed by atoms with Crippen LogP contribution in [-0.4, -0.2) is 186 Å². The molecule has 9 aromatic rings. The summed E-state index contributed by atoms with van der Waals surface area (Å²) in [6.07, 6.45) is 31.8. The molecule has 3 amide bonds. The maximum absolute atomic E-state index is 13.4. The fourth-order valence-electron chi connectivity index (χ4n) is 19.2. The molecule has 3 saturated heterocycles. The van der Waals surface area contributed by atoms with Crippen molar-refractivity contribution in [1.82, 2.24) is 68.2 Å². The number of nitrogens with zero attached hydrogens (tertiary/aromatic N) is 14. The molecule has 5 N–H and O–H groups in total. The van der Waals surface area contributed by atoms with Gasteiger partial charge in [0.25, 0.3) is 17.7 Å². The van der Waals surface area contributed by atoms with Gasteiger partial charge in [-0.2, -0.15) is 15.0 Å². The van der Waals surface area contributed by atoms with Gasteiger partial charge >= 0.3 is 0 Å². The van der Waals surface area contributed by atoms with Crippen LogP contribution >= 0.6 is 0 Å². The van der Waals surface area contributed by atoms with Gasteiger partial charge in [-0.15, -0.1) is 0 Å². The summed E-state index contributed by atoms with van der Waals surface area (Å²) in [5.74, 6) is 2.82. The molecule has 3 aliphatic heterocycles. The van der Waals surface area contributed by atoms with Gasteiger partial charge in [-0.1, -0.05) is 69.9 Å². The number of amides is 3. The average Bonchev–Trinajstić information content (AvgIpc) is 1.63. The predicted octanol–water partition coefficient (Wildman–Crippen LogP) is 18.5. The van der Waals surface area contributed by atoms with Crippen LogP contribution in [0.1, 0.15) is 302 Å². The number of aliphatic hydroxyl groups excluding tert-OH is 2. The number of fused-ring (bicyclic) bond motifs is 3. The quantitative estimate of drug-likeness (QED) is 0.0377. The summed E-state index contributed by atoms with van der Waals surface area (Å²) in [5.41, 5.74) is 13.0. The topological polar surface area (TPSA) is 246 Å². The van der Waals surface area contributed by atoms with Crippen molar-refractivity contribution in [3.8, 4) is 0 Å². The second-order valence-corrected chi connectivity index (χ2v) is 35.2. The Balaban J connectivity index is 0.000000153. The van der Waals surface area contributed by atoms with Gasteiger partial charge in [0.15, 0.2) is 0 Å². The second-order valence-electron chi connectivity index (χ2n) is 35.2. The maximum atomic E-state index is 13.4. The van der Waals surface area contributed by atoms with Crippen molar-refractivity contribution >= 4 is 68.7 Å². The average molecular weight is 1600 g/mol. The molecule has 10 heterocycles. The number of alkyl halides is 2. The third kappa shape index (κ3) is 21.4. The van der Waals surface area contributed by atoms with Gasteiger partial charge in [-0.05, 0) is 267 Å². The van der Waals surface area contributed by atoms with Crippen molar-refractivity contribution in [2.24, 2.45) is 5.92 Å². The van der Waals surface area contributed by atoms with Crippen molar-refractivity contribution in [2.45, 2.75) is 296 Å². The van der Waals surface area contributed by atoms with Gasteiger partial charge in [0.05, 0.1) is 12.2 Å². The first-order valence-corrected chi connectivity index (χ1v) is 44.2. The van der Waals surface area contributed by atoms with E-state index in [0.717, 1.165) is 230 Å². The van der Waals surface area contributed by atoms with E-state index in [-0.39, 0.29) is 47.9 Å². The highest BCUT2D eigenvalue weighted by atomic mass is 19.3. The predicted molar refractivity (Wildman–Crippen MR) is 463 cm³/mol. The summed E-state index contributed by atoms with van der Waals surface area (Å²) in [4.78, 5) is 81.1. The lowest BCUT2D eigenvalue weighted by Crippen LogP contribution is -2.38. The lowest BCUT2D eigenvalue weighted by atomic mass is 9.86. The maximum Gasteiger partial charge on any atom is 0.253 e. The van der Waals surface area contributed by atoms with Crippen LogP contribution in [0, 0.1) is 26.7 Å². The number of aryl methyl sites for hydroxylation is 3. The molecule has 24 heteroatoms.